The summed E-state index contributed by atoms with van der Waals surface area (Å²) in [6.45, 7) is 3.61. The summed E-state index contributed by atoms with van der Waals surface area (Å²) < 4.78 is 0. The molecule has 3 rings (SSSR count). The zero-order valence-electron chi connectivity index (χ0n) is 62.4. The van der Waals surface area contributed by atoms with Gasteiger partial charge in [-0.1, -0.05) is 56.3 Å². The first-order chi connectivity index (χ1) is 52.8. The average molecular weight is 1580 g/mol. The molecule has 618 valence electrons. The highest BCUT2D eigenvalue weighted by Crippen LogP contribution is 2.22. The Hall–Kier alpha value is -12.3. The molecule has 0 spiro atoms. The second-order valence-electron chi connectivity index (χ2n) is 26.9. The highest BCUT2D eigenvalue weighted by atomic mass is 16.4. The number of phenols is 1. The number of carboxylic acids is 3. The quantitative estimate of drug-likeness (QED) is 0.0166. The van der Waals surface area contributed by atoms with Gasteiger partial charge >= 0.3 is 17.9 Å². The van der Waals surface area contributed by atoms with Crippen LogP contribution >= 0.6 is 0 Å². The Morgan fingerprint density at radius 1 is 0.482 bits per heavy atom. The lowest BCUT2D eigenvalue weighted by Crippen LogP contribution is -2.61. The van der Waals surface area contributed by atoms with Crippen molar-refractivity contribution < 1.29 is 102 Å². The zero-order valence-corrected chi connectivity index (χ0v) is 62.4. The van der Waals surface area contributed by atoms with Crippen LogP contribution in [0.25, 0.3) is 0 Å². The van der Waals surface area contributed by atoms with Crippen LogP contribution in [0.5, 0.6) is 5.75 Å². The minimum absolute atomic E-state index is 0.0448. The number of rotatable bonds is 51. The number of hydrogen-bond donors (Lipinski definition) is 25. The van der Waals surface area contributed by atoms with Crippen LogP contribution < -0.4 is 104 Å². The topological polar surface area (TPSA) is 735 Å². The van der Waals surface area contributed by atoms with Gasteiger partial charge in [-0.3, -0.25) is 92.3 Å². The van der Waals surface area contributed by atoms with Crippen LogP contribution in [0, 0.1) is 16.7 Å². The third-order valence-electron chi connectivity index (χ3n) is 17.3. The van der Waals surface area contributed by atoms with Crippen LogP contribution in [0.4, 0.5) is 0 Å². The van der Waals surface area contributed by atoms with E-state index < -0.39 is 224 Å². The molecule has 0 radical (unpaired) electrons. The predicted molar refractivity (Wildman–Crippen MR) is 398 cm³/mol. The van der Waals surface area contributed by atoms with E-state index in [4.69, 9.17) is 45.2 Å². The standard InChI is InChI=1S/C69H106N22O21/c1-35(2)55(90-60(104)42(16-10-28-79-69(76)77)83-56(100)40(71)14-9-27-78-68(74)75)65(109)85-44(23-25-54(98)99)66(110)91-29-11-17-49(91)64(108)89-45(31-38-18-20-39(92)21-19-38)57(101)80-34-52(95)82-43(22-24-53(96)97)59(103)87-48(33-51(73)94)63(107)86-46(30-37-12-5-4-6-13-37)61(105)88-47(32-50(72)93)62(106)84-41(15-7-8-26-70)58(102)81-36(3)67(111)112/h4-6,12-13,18-21,35-36,40-49,55,92H,7-11,14-17,22-34,70-71H2,1-3H3,(H2,72,93)(H2,73,94)(H,80,101)(H,81,102)(H,82,95)(H,83,100)(H,84,106)(H,85,109)(H,86,107)(H,87,103)(H,88,105)(H,89,108)(H,90,104)(H,96,97)(H,98,99)(H,111,112)(H4,74,75,78)(H4,76,77,79)/t36-,40-,41-,42-,43-,44-,45-,46-,47-,48-,49-,55-/m0/s1. The SMILES string of the molecule is CC(C)[C@H](NC(=O)[C@H](CCCNC(=N)N)NC(=O)[C@@H](N)CCCNC(=N)N)C(=O)N[C@@H](CCC(=O)O)C(=O)N1CCC[C@H]1C(=O)N[C@@H](Cc1ccc(O)cc1)C(=O)NCC(=O)N[C@@H](CCC(=O)O)C(=O)N[C@@H](CC(N)=O)C(=O)N[C@@H](Cc1ccccc1)C(=O)N[C@@H](CC(N)=O)C(=O)N[C@@H](CCCCN)C(=O)N[C@@H](C)C(=O)O. The molecule has 0 aromatic heterocycles. The molecule has 43 nitrogen and oxygen atoms in total. The third-order valence-corrected chi connectivity index (χ3v) is 17.3. The fraction of sp³-hybridized carbons (Fsp3) is 0.551. The summed E-state index contributed by atoms with van der Waals surface area (Å²) in [6.07, 6.45) is -4.20. The van der Waals surface area contributed by atoms with E-state index in [9.17, 15) is 102 Å². The zero-order chi connectivity index (χ0) is 83.9. The Balaban J connectivity index is 1.91. The maximum Gasteiger partial charge on any atom is 0.325 e. The van der Waals surface area contributed by atoms with Gasteiger partial charge in [0, 0.05) is 45.3 Å². The molecule has 0 aliphatic carbocycles. The van der Waals surface area contributed by atoms with Gasteiger partial charge in [0.25, 0.3) is 0 Å². The Labute approximate surface area is 644 Å². The molecule has 14 amide bonds. The van der Waals surface area contributed by atoms with Crippen molar-refractivity contribution >= 4 is 113 Å². The number of primary amides is 2. The number of carboxylic acid groups (broad SMARTS) is 3. The number of aromatic hydroxyl groups is 1. The van der Waals surface area contributed by atoms with E-state index in [0.29, 0.717) is 24.0 Å². The molecule has 43 heteroatoms. The normalized spacial score (nSPS) is 15.2. The van der Waals surface area contributed by atoms with Crippen LogP contribution in [0.3, 0.4) is 0 Å². The van der Waals surface area contributed by atoms with E-state index in [-0.39, 0.29) is 102 Å². The number of nitrogens with two attached hydrogens (primary N) is 6. The van der Waals surface area contributed by atoms with Gasteiger partial charge in [-0.25, -0.2) is 0 Å². The number of likely N-dealkylation sites (tertiary alicyclic amines) is 1. The molecular weight excluding hydrogens is 1470 g/mol. The Bertz CT molecular complexity index is 3650. The van der Waals surface area contributed by atoms with Gasteiger partial charge in [-0.15, -0.1) is 0 Å². The molecule has 2 aromatic rings. The number of aliphatic carboxylic acids is 3. The molecule has 1 heterocycles. The van der Waals surface area contributed by atoms with Crippen LogP contribution in [0.1, 0.15) is 128 Å². The smallest absolute Gasteiger partial charge is 0.325 e. The van der Waals surface area contributed by atoms with Gasteiger partial charge < -0.3 is 129 Å². The van der Waals surface area contributed by atoms with E-state index in [1.165, 1.54) is 36.4 Å². The van der Waals surface area contributed by atoms with Gasteiger partial charge in [0.2, 0.25) is 82.7 Å². The molecule has 0 bridgehead atoms. The molecule has 1 fully saturated rings. The van der Waals surface area contributed by atoms with E-state index in [1.807, 2.05) is 0 Å². The fourth-order valence-corrected chi connectivity index (χ4v) is 11.4. The van der Waals surface area contributed by atoms with Crippen molar-refractivity contribution in [1.82, 2.24) is 74.0 Å². The Kier molecular flexibility index (Phi) is 40.5. The second kappa shape index (κ2) is 48.3. The summed E-state index contributed by atoms with van der Waals surface area (Å²) in [5, 5.41) is 85.3. The third kappa shape index (κ3) is 34.9. The van der Waals surface area contributed by atoms with Gasteiger partial charge in [-0.2, -0.15) is 0 Å². The molecule has 1 aliphatic rings. The van der Waals surface area contributed by atoms with E-state index >= 15 is 0 Å². The molecular formula is C69H106N22O21. The minimum atomic E-state index is -2.01. The van der Waals surface area contributed by atoms with Crippen LogP contribution in [0.15, 0.2) is 54.6 Å². The number of nitrogens with zero attached hydrogens (tertiary/aromatic N) is 1. The van der Waals surface area contributed by atoms with Crippen molar-refractivity contribution in [1.29, 1.82) is 10.8 Å². The molecule has 112 heavy (non-hydrogen) atoms. The highest BCUT2D eigenvalue weighted by Gasteiger charge is 2.42. The molecule has 31 N–H and O–H groups in total. The Morgan fingerprint density at radius 3 is 1.45 bits per heavy atom. The predicted octanol–water partition coefficient (Wildman–Crippen LogP) is -7.64. The van der Waals surface area contributed by atoms with Crippen molar-refractivity contribution in [2.75, 3.05) is 32.7 Å². The number of hydrogen-bond acceptors (Lipinski definition) is 22. The average Bonchev–Trinajstić information content (AvgIpc) is 1.66. The second-order valence-corrected chi connectivity index (χ2v) is 26.9. The molecule has 0 saturated carbocycles. The van der Waals surface area contributed by atoms with E-state index in [0.717, 1.165) is 11.8 Å². The fourth-order valence-electron chi connectivity index (χ4n) is 11.4. The van der Waals surface area contributed by atoms with Crippen LogP contribution in [0.2, 0.25) is 0 Å². The molecule has 0 unspecified atom stereocenters. The lowest BCUT2D eigenvalue weighted by molar-refractivity contribution is -0.144. The molecule has 12 atom stereocenters. The molecule has 2 aromatic carbocycles. The lowest BCUT2D eigenvalue weighted by atomic mass is 10.0. The van der Waals surface area contributed by atoms with E-state index in [2.05, 4.69) is 69.1 Å². The van der Waals surface area contributed by atoms with Crippen LogP contribution in [-0.2, 0) is 94.3 Å². The first kappa shape index (κ1) is 93.9. The minimum Gasteiger partial charge on any atom is -0.508 e. The number of benzene rings is 2. The summed E-state index contributed by atoms with van der Waals surface area (Å²) in [4.78, 5) is 230. The maximum absolute atomic E-state index is 14.7. The van der Waals surface area contributed by atoms with Crippen molar-refractivity contribution in [3.8, 4) is 5.75 Å². The number of phenolic OH excluding ortho intramolecular Hbond substituents is 1. The van der Waals surface area contributed by atoms with Crippen molar-refractivity contribution in [3.05, 3.63) is 65.7 Å². The Morgan fingerprint density at radius 2 is 0.929 bits per heavy atom. The summed E-state index contributed by atoms with van der Waals surface area (Å²) in [5.41, 5.74) is 34.1. The number of carbonyl (C=O) groups excluding carboxylic acids is 14. The number of guanidine groups is 2. The van der Waals surface area contributed by atoms with E-state index in [1.54, 1.807) is 32.0 Å². The monoisotopic (exact) mass is 1580 g/mol. The number of carbonyl (C=O) groups is 17. The summed E-state index contributed by atoms with van der Waals surface area (Å²) in [7, 11) is 0. The summed E-state index contributed by atoms with van der Waals surface area (Å²) in [6, 6.07) is -5.79. The summed E-state index contributed by atoms with van der Waals surface area (Å²) >= 11 is 0. The van der Waals surface area contributed by atoms with Gasteiger partial charge in [-0.05, 0) is 113 Å². The number of amides is 14. The lowest BCUT2D eigenvalue weighted by Gasteiger charge is -2.31. The maximum atomic E-state index is 14.7. The van der Waals surface area contributed by atoms with Crippen molar-refractivity contribution in [2.45, 2.75) is 202 Å². The number of unbranched alkanes of at least 4 members (excludes halogenated alkanes) is 1. The first-order valence-corrected chi connectivity index (χ1v) is 36.1. The molecule has 1 aliphatic heterocycles. The van der Waals surface area contributed by atoms with Gasteiger partial charge in [0.1, 0.15) is 72.2 Å². The van der Waals surface area contributed by atoms with Gasteiger partial charge in [0.05, 0.1) is 25.4 Å². The number of nitrogens with one attached hydrogen (secondary N) is 15. The van der Waals surface area contributed by atoms with Crippen molar-refractivity contribution in [2.24, 2.45) is 40.3 Å². The van der Waals surface area contributed by atoms with Gasteiger partial charge in [0.15, 0.2) is 11.9 Å². The van der Waals surface area contributed by atoms with Crippen LogP contribution in [-0.4, -0.2) is 243 Å². The molecule has 1 saturated heterocycles. The summed E-state index contributed by atoms with van der Waals surface area (Å²) in [5.74, 6) is -20.8. The van der Waals surface area contributed by atoms with Crippen molar-refractivity contribution in [3.63, 3.8) is 0 Å². The first-order valence-electron chi connectivity index (χ1n) is 36.1. The largest absolute Gasteiger partial charge is 0.508 e. The highest BCUT2D eigenvalue weighted by molar-refractivity contribution is 6.01.